The molecule has 0 fully saturated rings. The molecular weight excluding hydrogens is 842 g/mol. The van der Waals surface area contributed by atoms with Gasteiger partial charge in [-0.25, -0.2) is 0 Å². The molecule has 13 rings (SSSR count). The van der Waals surface area contributed by atoms with Gasteiger partial charge in [0.25, 0.3) is 6.71 Å². The summed E-state index contributed by atoms with van der Waals surface area (Å²) in [6, 6.07) is 60.6. The van der Waals surface area contributed by atoms with Gasteiger partial charge in [-0.05, 0) is 135 Å². The normalized spacial score (nSPS) is 14.4. The van der Waals surface area contributed by atoms with Gasteiger partial charge in [-0.2, -0.15) is 0 Å². The van der Waals surface area contributed by atoms with Crippen LogP contribution in [0.3, 0.4) is 0 Å². The minimum absolute atomic E-state index is 0.0104. The van der Waals surface area contributed by atoms with E-state index in [4.69, 9.17) is 0 Å². The number of hydrogen-bond acceptors (Lipinski definition) is 3. The van der Waals surface area contributed by atoms with Crippen molar-refractivity contribution in [1.82, 2.24) is 4.57 Å². The largest absolute Gasteiger partial charge is 0.311 e. The number of thiophene rings is 1. The molecule has 3 nitrogen and oxygen atoms in total. The Hall–Kier alpha value is -6.82. The summed E-state index contributed by atoms with van der Waals surface area (Å²) in [6.45, 7) is 23.7. The van der Waals surface area contributed by atoms with Crippen LogP contribution in [0, 0.1) is 13.8 Å². The fourth-order valence-electron chi connectivity index (χ4n) is 12.3. The maximum Gasteiger partial charge on any atom is 0.252 e. The van der Waals surface area contributed by atoms with Crippen LogP contribution in [0.1, 0.15) is 88.8 Å². The molecule has 0 N–H and O–H groups in total. The molecule has 0 radical (unpaired) electrons. The molecule has 0 saturated heterocycles. The smallest absolute Gasteiger partial charge is 0.252 e. The van der Waals surface area contributed by atoms with Crippen molar-refractivity contribution in [2.75, 3.05) is 9.80 Å². The van der Waals surface area contributed by atoms with E-state index in [0.717, 1.165) is 5.69 Å². The average Bonchev–Trinajstić information content (AvgIpc) is 3.95. The van der Waals surface area contributed by atoms with Crippen molar-refractivity contribution in [3.63, 3.8) is 0 Å². The molecule has 0 bridgehead atoms. The first-order chi connectivity index (χ1) is 32.6. The first-order valence-corrected chi connectivity index (χ1v) is 25.2. The van der Waals surface area contributed by atoms with Gasteiger partial charge in [-0.1, -0.05) is 152 Å². The Bertz CT molecular complexity index is 3750. The number of para-hydroxylation sites is 2. The number of nitrogens with zero attached hydrogens (tertiary/aromatic N) is 3. The summed E-state index contributed by atoms with van der Waals surface area (Å²) in [7, 11) is 0. The highest BCUT2D eigenvalue weighted by Gasteiger charge is 2.48. The van der Waals surface area contributed by atoms with E-state index in [1.807, 2.05) is 11.3 Å². The predicted molar refractivity (Wildman–Crippen MR) is 295 cm³/mol. The summed E-state index contributed by atoms with van der Waals surface area (Å²) in [4.78, 5) is 5.17. The van der Waals surface area contributed by atoms with Crippen molar-refractivity contribution in [2.45, 2.75) is 85.5 Å². The van der Waals surface area contributed by atoms with E-state index in [0.29, 0.717) is 0 Å². The molecule has 0 saturated carbocycles. The number of hydrogen-bond donors (Lipinski definition) is 0. The van der Waals surface area contributed by atoms with Crippen molar-refractivity contribution in [2.24, 2.45) is 0 Å². The Morgan fingerprint density at radius 2 is 1.18 bits per heavy atom. The van der Waals surface area contributed by atoms with Crippen LogP contribution in [0.4, 0.5) is 34.1 Å². The second-order valence-corrected chi connectivity index (χ2v) is 23.4. The van der Waals surface area contributed by atoms with Crippen LogP contribution in [0.15, 0.2) is 158 Å². The zero-order valence-corrected chi connectivity index (χ0v) is 41.7. The lowest BCUT2D eigenvalue weighted by Crippen LogP contribution is -2.60. The van der Waals surface area contributed by atoms with E-state index < -0.39 is 0 Å². The minimum atomic E-state index is -0.184. The first-order valence-electron chi connectivity index (χ1n) is 24.4. The van der Waals surface area contributed by atoms with Crippen molar-refractivity contribution >= 4 is 99.6 Å². The fraction of sp³-hybridized carbons (Fsp3) is 0.206. The number of fused-ring (bicyclic) bond motifs is 12. The third kappa shape index (κ3) is 5.66. The Balaban J connectivity index is 1.21. The second kappa shape index (κ2) is 14.1. The Kier molecular flexibility index (Phi) is 8.59. The van der Waals surface area contributed by atoms with E-state index >= 15 is 0 Å². The standard InChI is InChI=1S/C63H56BN3S/c1-37-20-11-16-25-48(37)65(49-26-17-12-21-38(49)2)41-30-31-46-51(36-41)66(50-27-19-29-55-56(50)43-23-14-18-28-54(43)68-55)52-34-40(62(6,7)8)35-53-58(52)64(46)47-33-39(61(3,4)5)32-44-57-60(67(53)59(44)47)42-22-13-15-24-45(42)63(57,9)10/h11-36H,1-10H3. The third-order valence-electron chi connectivity index (χ3n) is 15.7. The summed E-state index contributed by atoms with van der Waals surface area (Å²) in [5, 5.41) is 3.99. The molecule has 3 aliphatic rings. The summed E-state index contributed by atoms with van der Waals surface area (Å²) < 4.78 is 5.33. The Morgan fingerprint density at radius 3 is 1.90 bits per heavy atom. The molecular formula is C63H56BN3S. The quantitative estimate of drug-likeness (QED) is 0.163. The molecule has 8 aromatic carbocycles. The molecule has 2 aromatic heterocycles. The maximum atomic E-state index is 2.72. The van der Waals surface area contributed by atoms with Gasteiger partial charge in [0.2, 0.25) is 0 Å². The van der Waals surface area contributed by atoms with Gasteiger partial charge in [-0.3, -0.25) is 0 Å². The molecule has 0 spiro atoms. The summed E-state index contributed by atoms with van der Waals surface area (Å²) in [6.07, 6.45) is 0. The lowest BCUT2D eigenvalue weighted by Gasteiger charge is -2.42. The second-order valence-electron chi connectivity index (χ2n) is 22.3. The molecule has 5 heteroatoms. The predicted octanol–water partition coefficient (Wildman–Crippen LogP) is 15.6. The molecule has 332 valence electrons. The van der Waals surface area contributed by atoms with Gasteiger partial charge in [0, 0.05) is 76.2 Å². The van der Waals surface area contributed by atoms with Crippen molar-refractivity contribution in [1.29, 1.82) is 0 Å². The van der Waals surface area contributed by atoms with E-state index in [9.17, 15) is 0 Å². The van der Waals surface area contributed by atoms with Crippen LogP contribution in [0.5, 0.6) is 0 Å². The molecule has 0 unspecified atom stereocenters. The van der Waals surface area contributed by atoms with Crippen molar-refractivity contribution in [3.05, 3.63) is 191 Å². The zero-order chi connectivity index (χ0) is 46.8. The third-order valence-corrected chi connectivity index (χ3v) is 16.8. The van der Waals surface area contributed by atoms with E-state index in [1.54, 1.807) is 0 Å². The number of aromatic nitrogens is 1. The minimum Gasteiger partial charge on any atom is -0.311 e. The van der Waals surface area contributed by atoms with Crippen LogP contribution in [-0.4, -0.2) is 11.3 Å². The highest BCUT2D eigenvalue weighted by molar-refractivity contribution is 7.26. The van der Waals surface area contributed by atoms with Gasteiger partial charge in [0.1, 0.15) is 0 Å². The maximum absolute atomic E-state index is 2.72. The lowest BCUT2D eigenvalue weighted by atomic mass is 9.33. The van der Waals surface area contributed by atoms with E-state index in [-0.39, 0.29) is 23.0 Å². The number of aryl methyl sites for hydroxylation is 2. The Morgan fingerprint density at radius 1 is 0.544 bits per heavy atom. The van der Waals surface area contributed by atoms with Crippen molar-refractivity contribution in [3.8, 4) is 16.9 Å². The number of anilines is 6. The summed E-state index contributed by atoms with van der Waals surface area (Å²) in [5.41, 5.74) is 24.3. The van der Waals surface area contributed by atoms with Crippen molar-refractivity contribution < 1.29 is 0 Å². The van der Waals surface area contributed by atoms with Crippen LogP contribution in [0.25, 0.3) is 48.0 Å². The molecule has 2 aliphatic heterocycles. The van der Waals surface area contributed by atoms with Gasteiger partial charge < -0.3 is 14.4 Å². The Labute approximate surface area is 405 Å². The average molecular weight is 898 g/mol. The highest BCUT2D eigenvalue weighted by atomic mass is 32.1. The summed E-state index contributed by atoms with van der Waals surface area (Å²) in [5.74, 6) is 0. The molecule has 68 heavy (non-hydrogen) atoms. The number of benzene rings is 8. The lowest BCUT2D eigenvalue weighted by molar-refractivity contribution is 0.590. The van der Waals surface area contributed by atoms with Crippen LogP contribution >= 0.6 is 11.3 Å². The number of rotatable bonds is 4. The summed E-state index contributed by atoms with van der Waals surface area (Å²) >= 11 is 1.89. The van der Waals surface area contributed by atoms with Gasteiger partial charge in [0.15, 0.2) is 0 Å². The van der Waals surface area contributed by atoms with E-state index in [2.05, 4.69) is 241 Å². The molecule has 0 amide bonds. The van der Waals surface area contributed by atoms with Gasteiger partial charge >= 0.3 is 0 Å². The van der Waals surface area contributed by atoms with Gasteiger partial charge in [-0.15, -0.1) is 11.3 Å². The molecule has 10 aromatic rings. The van der Waals surface area contributed by atoms with Gasteiger partial charge in [0.05, 0.1) is 11.4 Å². The monoisotopic (exact) mass is 897 g/mol. The molecule has 4 heterocycles. The molecule has 1 aliphatic carbocycles. The topological polar surface area (TPSA) is 11.4 Å². The van der Waals surface area contributed by atoms with Crippen LogP contribution in [0.2, 0.25) is 0 Å². The van der Waals surface area contributed by atoms with Crippen LogP contribution in [-0.2, 0) is 16.2 Å². The highest BCUT2D eigenvalue weighted by Crippen LogP contribution is 2.56. The van der Waals surface area contributed by atoms with Crippen LogP contribution < -0.4 is 26.2 Å². The SMILES string of the molecule is Cc1ccccc1N(c1ccc2c(c1)N(c1cccc3sc4ccccc4c13)c1cc(C(C)(C)C)cc3c1B2c1cc(C(C)(C)C)cc2c4c(n-3c12)-c1ccccc1C4(C)C)c1ccccc1C. The fourth-order valence-corrected chi connectivity index (χ4v) is 13.4. The van der Waals surface area contributed by atoms with E-state index in [1.165, 1.54) is 126 Å². The zero-order valence-electron chi connectivity index (χ0n) is 40.8. The first kappa shape index (κ1) is 41.4. The molecule has 0 atom stereocenters.